The van der Waals surface area contributed by atoms with E-state index in [4.69, 9.17) is 0 Å². The molecule has 19 heavy (non-hydrogen) atoms. The predicted octanol–water partition coefficient (Wildman–Crippen LogP) is 0.786. The molecule has 0 bridgehead atoms. The molecular formula is C14H23N3O2. The lowest BCUT2D eigenvalue weighted by molar-refractivity contribution is -0.124. The van der Waals surface area contributed by atoms with E-state index in [1.54, 1.807) is 0 Å². The van der Waals surface area contributed by atoms with E-state index in [9.17, 15) is 15.2 Å². The number of piperidine rings is 1. The number of carbonyl (C=O) groups excluding carboxylic acids is 1. The molecule has 1 heterocycles. The van der Waals surface area contributed by atoms with Gasteiger partial charge in [-0.3, -0.25) is 9.69 Å². The van der Waals surface area contributed by atoms with Crippen molar-refractivity contribution in [1.29, 1.82) is 5.26 Å². The number of aliphatic hydroxyl groups excluding tert-OH is 1. The summed E-state index contributed by atoms with van der Waals surface area (Å²) in [5.74, 6) is -0.0856. The summed E-state index contributed by atoms with van der Waals surface area (Å²) in [4.78, 5) is 14.0. The summed E-state index contributed by atoms with van der Waals surface area (Å²) < 4.78 is 0. The van der Waals surface area contributed by atoms with Crippen molar-refractivity contribution in [2.45, 2.75) is 56.6 Å². The molecule has 0 radical (unpaired) electrons. The van der Waals surface area contributed by atoms with Crippen molar-refractivity contribution in [3.8, 4) is 6.07 Å². The van der Waals surface area contributed by atoms with Gasteiger partial charge in [0.2, 0.25) is 5.91 Å². The maximum absolute atomic E-state index is 12.1. The van der Waals surface area contributed by atoms with Crippen LogP contribution in [0.5, 0.6) is 0 Å². The zero-order valence-corrected chi connectivity index (χ0v) is 11.4. The fourth-order valence-corrected chi connectivity index (χ4v) is 3.10. The number of nitrogens with zero attached hydrogens (tertiary/aromatic N) is 2. The summed E-state index contributed by atoms with van der Waals surface area (Å²) in [6, 6.07) is 2.29. The highest BCUT2D eigenvalue weighted by Crippen LogP contribution is 2.27. The van der Waals surface area contributed by atoms with Gasteiger partial charge < -0.3 is 10.4 Å². The number of rotatable bonds is 3. The molecule has 0 spiro atoms. The molecule has 1 unspecified atom stereocenters. The number of hydrogen-bond acceptors (Lipinski definition) is 4. The van der Waals surface area contributed by atoms with Crippen LogP contribution in [0.2, 0.25) is 0 Å². The Hall–Kier alpha value is -1.12. The highest BCUT2D eigenvalue weighted by molar-refractivity contribution is 5.79. The Morgan fingerprint density at radius 2 is 2.11 bits per heavy atom. The van der Waals surface area contributed by atoms with E-state index in [2.05, 4.69) is 11.4 Å². The molecule has 2 aliphatic rings. The Bertz CT molecular complexity index is 358. The first-order valence-electron chi connectivity index (χ1n) is 7.26. The van der Waals surface area contributed by atoms with Crippen LogP contribution in [0.1, 0.15) is 44.9 Å². The molecule has 5 heteroatoms. The molecule has 1 saturated heterocycles. The Morgan fingerprint density at radius 1 is 1.37 bits per heavy atom. The van der Waals surface area contributed by atoms with Gasteiger partial charge in [0.05, 0.1) is 18.7 Å². The summed E-state index contributed by atoms with van der Waals surface area (Å²) in [6.07, 6.45) is 6.12. The van der Waals surface area contributed by atoms with Crippen molar-refractivity contribution in [3.63, 3.8) is 0 Å². The first kappa shape index (κ1) is 14.3. The largest absolute Gasteiger partial charge is 0.392 e. The first-order chi connectivity index (χ1) is 9.13. The van der Waals surface area contributed by atoms with Crippen molar-refractivity contribution in [2.24, 2.45) is 0 Å². The SMILES string of the molecule is N#CC1(NC(=O)CN2CCCC(O)C2)CCCCC1. The van der Waals surface area contributed by atoms with E-state index in [1.165, 1.54) is 0 Å². The van der Waals surface area contributed by atoms with Gasteiger partial charge in [-0.2, -0.15) is 5.26 Å². The van der Waals surface area contributed by atoms with Crippen molar-refractivity contribution >= 4 is 5.91 Å². The zero-order valence-electron chi connectivity index (χ0n) is 11.4. The minimum absolute atomic E-state index is 0.0856. The normalized spacial score (nSPS) is 27.5. The number of nitrogens with one attached hydrogen (secondary N) is 1. The molecule has 1 saturated carbocycles. The Morgan fingerprint density at radius 3 is 2.74 bits per heavy atom. The topological polar surface area (TPSA) is 76.4 Å². The standard InChI is InChI=1S/C14H23N3O2/c15-11-14(6-2-1-3-7-14)16-13(19)10-17-8-4-5-12(18)9-17/h12,18H,1-10H2,(H,16,19). The number of nitriles is 1. The van der Waals surface area contributed by atoms with Crippen molar-refractivity contribution in [1.82, 2.24) is 10.2 Å². The van der Waals surface area contributed by atoms with Gasteiger partial charge in [-0.15, -0.1) is 0 Å². The van der Waals surface area contributed by atoms with Crippen LogP contribution in [0.15, 0.2) is 0 Å². The summed E-state index contributed by atoms with van der Waals surface area (Å²) >= 11 is 0. The molecule has 1 atom stereocenters. The average molecular weight is 265 g/mol. The molecule has 5 nitrogen and oxygen atoms in total. The molecule has 1 amide bonds. The minimum atomic E-state index is -0.649. The smallest absolute Gasteiger partial charge is 0.235 e. The molecule has 0 aromatic heterocycles. The van der Waals surface area contributed by atoms with Gasteiger partial charge in [-0.1, -0.05) is 19.3 Å². The Labute approximate surface area is 114 Å². The number of hydrogen-bond donors (Lipinski definition) is 2. The Kier molecular flexibility index (Phi) is 4.78. The first-order valence-corrected chi connectivity index (χ1v) is 7.26. The Balaban J connectivity index is 1.84. The van der Waals surface area contributed by atoms with Crippen LogP contribution >= 0.6 is 0 Å². The monoisotopic (exact) mass is 265 g/mol. The zero-order chi connectivity index (χ0) is 13.7. The molecule has 2 N–H and O–H groups in total. The lowest BCUT2D eigenvalue weighted by atomic mass is 9.83. The van der Waals surface area contributed by atoms with E-state index in [1.807, 2.05) is 4.90 Å². The second-order valence-electron chi connectivity index (χ2n) is 5.83. The van der Waals surface area contributed by atoms with Crippen molar-refractivity contribution in [2.75, 3.05) is 19.6 Å². The third-order valence-electron chi connectivity index (χ3n) is 4.15. The molecule has 106 valence electrons. The quantitative estimate of drug-likeness (QED) is 0.791. The maximum Gasteiger partial charge on any atom is 0.235 e. The highest BCUT2D eigenvalue weighted by atomic mass is 16.3. The summed E-state index contributed by atoms with van der Waals surface area (Å²) in [6.45, 7) is 1.71. The van der Waals surface area contributed by atoms with Gasteiger partial charge in [0.25, 0.3) is 0 Å². The minimum Gasteiger partial charge on any atom is -0.392 e. The fourth-order valence-electron chi connectivity index (χ4n) is 3.10. The summed E-state index contributed by atoms with van der Waals surface area (Å²) in [5, 5.41) is 21.8. The van der Waals surface area contributed by atoms with E-state index in [-0.39, 0.29) is 12.0 Å². The summed E-state index contributed by atoms with van der Waals surface area (Å²) in [5.41, 5.74) is -0.649. The van der Waals surface area contributed by atoms with Crippen LogP contribution in [0.25, 0.3) is 0 Å². The van der Waals surface area contributed by atoms with Crippen molar-refractivity contribution < 1.29 is 9.90 Å². The number of aliphatic hydroxyl groups is 1. The lowest BCUT2D eigenvalue weighted by Crippen LogP contribution is -2.52. The van der Waals surface area contributed by atoms with Crippen LogP contribution < -0.4 is 5.32 Å². The molecule has 0 aromatic carbocycles. The molecular weight excluding hydrogens is 242 g/mol. The number of β-amino-alcohol motifs (C(OH)–C–C–N with tert-alkyl or cyclic N) is 1. The second-order valence-corrected chi connectivity index (χ2v) is 5.83. The van der Waals surface area contributed by atoms with Gasteiger partial charge in [0.1, 0.15) is 5.54 Å². The number of likely N-dealkylation sites (tertiary alicyclic amines) is 1. The van der Waals surface area contributed by atoms with Crippen LogP contribution in [0, 0.1) is 11.3 Å². The van der Waals surface area contributed by atoms with Crippen molar-refractivity contribution in [3.05, 3.63) is 0 Å². The van der Waals surface area contributed by atoms with E-state index in [0.717, 1.165) is 51.5 Å². The molecule has 1 aliphatic heterocycles. The third-order valence-corrected chi connectivity index (χ3v) is 4.15. The predicted molar refractivity (Wildman–Crippen MR) is 71.3 cm³/mol. The number of amides is 1. The van der Waals surface area contributed by atoms with Crippen LogP contribution in [0.3, 0.4) is 0 Å². The van der Waals surface area contributed by atoms with E-state index < -0.39 is 5.54 Å². The maximum atomic E-state index is 12.1. The van der Waals surface area contributed by atoms with Gasteiger partial charge in [0, 0.05) is 6.54 Å². The van der Waals surface area contributed by atoms with Gasteiger partial charge in [0.15, 0.2) is 0 Å². The molecule has 0 aromatic rings. The van der Waals surface area contributed by atoms with Gasteiger partial charge >= 0.3 is 0 Å². The van der Waals surface area contributed by atoms with Gasteiger partial charge in [-0.25, -0.2) is 0 Å². The van der Waals surface area contributed by atoms with E-state index in [0.29, 0.717) is 13.1 Å². The molecule has 1 aliphatic carbocycles. The van der Waals surface area contributed by atoms with Crippen LogP contribution in [0.4, 0.5) is 0 Å². The lowest BCUT2D eigenvalue weighted by Gasteiger charge is -2.34. The fraction of sp³-hybridized carbons (Fsp3) is 0.857. The van der Waals surface area contributed by atoms with E-state index >= 15 is 0 Å². The van der Waals surface area contributed by atoms with Crippen LogP contribution in [-0.2, 0) is 4.79 Å². The third kappa shape index (κ3) is 3.92. The number of carbonyl (C=O) groups is 1. The molecule has 2 rings (SSSR count). The molecule has 2 fully saturated rings. The highest BCUT2D eigenvalue weighted by Gasteiger charge is 2.34. The summed E-state index contributed by atoms with van der Waals surface area (Å²) in [7, 11) is 0. The van der Waals surface area contributed by atoms with Crippen LogP contribution in [-0.4, -0.2) is 47.2 Å². The average Bonchev–Trinajstić information content (AvgIpc) is 2.39. The second kappa shape index (κ2) is 6.36. The van der Waals surface area contributed by atoms with Gasteiger partial charge in [-0.05, 0) is 32.2 Å².